The second-order valence-corrected chi connectivity index (χ2v) is 6.70. The fourth-order valence-corrected chi connectivity index (χ4v) is 3.96. The van der Waals surface area contributed by atoms with Gasteiger partial charge in [0.1, 0.15) is 0 Å². The molecule has 1 fully saturated rings. The molecule has 1 heterocycles. The molecule has 1 aromatic rings. The van der Waals surface area contributed by atoms with Gasteiger partial charge < -0.3 is 5.32 Å². The molecule has 0 amide bonds. The molecule has 0 aromatic carbocycles. The molecule has 1 aromatic heterocycles. The molecule has 0 bridgehead atoms. The predicted octanol–water partition coefficient (Wildman–Crippen LogP) is 4.20. The first-order chi connectivity index (χ1) is 10.2. The summed E-state index contributed by atoms with van der Waals surface area (Å²) >= 11 is 0. The van der Waals surface area contributed by atoms with E-state index in [2.05, 4.69) is 50.1 Å². The van der Waals surface area contributed by atoms with Crippen LogP contribution < -0.4 is 5.32 Å². The average Bonchev–Trinajstić information content (AvgIpc) is 2.97. The van der Waals surface area contributed by atoms with Crippen LogP contribution in [0.25, 0.3) is 0 Å². The van der Waals surface area contributed by atoms with Crippen molar-refractivity contribution in [2.45, 2.75) is 77.8 Å². The van der Waals surface area contributed by atoms with Crippen LogP contribution in [-0.2, 0) is 6.42 Å². The van der Waals surface area contributed by atoms with E-state index >= 15 is 0 Å². The standard InChI is InChI=1S/C18H33N3/c1-5-14-8-9-18(19-4)15(12-14)13-16-10-11-21(20-16)17(6-2)7-3/h10-11,14-15,17-19H,5-9,12-13H2,1-4H3. The van der Waals surface area contributed by atoms with Gasteiger partial charge in [-0.3, -0.25) is 4.68 Å². The number of rotatable bonds is 7. The van der Waals surface area contributed by atoms with Crippen LogP contribution in [-0.4, -0.2) is 22.9 Å². The van der Waals surface area contributed by atoms with Gasteiger partial charge in [0.15, 0.2) is 0 Å². The molecule has 3 unspecified atom stereocenters. The number of aromatic nitrogens is 2. The van der Waals surface area contributed by atoms with Gasteiger partial charge in [-0.1, -0.05) is 27.2 Å². The van der Waals surface area contributed by atoms with E-state index in [0.29, 0.717) is 12.1 Å². The van der Waals surface area contributed by atoms with Crippen molar-refractivity contribution in [3.8, 4) is 0 Å². The van der Waals surface area contributed by atoms with Gasteiger partial charge in [0.25, 0.3) is 0 Å². The zero-order chi connectivity index (χ0) is 15.2. The van der Waals surface area contributed by atoms with E-state index in [9.17, 15) is 0 Å². The van der Waals surface area contributed by atoms with E-state index in [1.807, 2.05) is 0 Å². The summed E-state index contributed by atoms with van der Waals surface area (Å²) < 4.78 is 2.18. The van der Waals surface area contributed by atoms with Crippen LogP contribution in [0, 0.1) is 11.8 Å². The van der Waals surface area contributed by atoms with E-state index in [1.165, 1.54) is 31.4 Å². The third-order valence-corrected chi connectivity index (χ3v) is 5.49. The van der Waals surface area contributed by atoms with Gasteiger partial charge in [0.05, 0.1) is 11.7 Å². The van der Waals surface area contributed by atoms with E-state index in [0.717, 1.165) is 31.1 Å². The Hall–Kier alpha value is -0.830. The molecule has 0 radical (unpaired) electrons. The maximum Gasteiger partial charge on any atom is 0.0628 e. The Morgan fingerprint density at radius 1 is 1.29 bits per heavy atom. The van der Waals surface area contributed by atoms with Gasteiger partial charge in [-0.25, -0.2) is 0 Å². The SMILES string of the molecule is CCC1CCC(NC)C(Cc2ccn(C(CC)CC)n2)C1. The van der Waals surface area contributed by atoms with Gasteiger partial charge in [-0.15, -0.1) is 0 Å². The van der Waals surface area contributed by atoms with Crippen LogP contribution in [0.2, 0.25) is 0 Å². The largest absolute Gasteiger partial charge is 0.317 e. The minimum absolute atomic E-state index is 0.564. The lowest BCUT2D eigenvalue weighted by atomic mass is 9.75. The third-order valence-electron chi connectivity index (χ3n) is 5.49. The quantitative estimate of drug-likeness (QED) is 0.816. The molecule has 1 saturated carbocycles. The highest BCUT2D eigenvalue weighted by Crippen LogP contribution is 2.33. The monoisotopic (exact) mass is 291 g/mol. The van der Waals surface area contributed by atoms with Gasteiger partial charge in [-0.2, -0.15) is 5.10 Å². The molecule has 1 N–H and O–H groups in total. The maximum absolute atomic E-state index is 4.85. The molecule has 0 aliphatic heterocycles. The highest BCUT2D eigenvalue weighted by molar-refractivity contribution is 5.03. The Bertz CT molecular complexity index is 408. The number of nitrogens with one attached hydrogen (secondary N) is 1. The van der Waals surface area contributed by atoms with Crippen molar-refractivity contribution in [2.24, 2.45) is 11.8 Å². The maximum atomic E-state index is 4.85. The van der Waals surface area contributed by atoms with Crippen molar-refractivity contribution in [2.75, 3.05) is 7.05 Å². The van der Waals surface area contributed by atoms with Crippen LogP contribution in [0.4, 0.5) is 0 Å². The van der Waals surface area contributed by atoms with Crippen molar-refractivity contribution in [3.05, 3.63) is 18.0 Å². The Morgan fingerprint density at radius 2 is 2.05 bits per heavy atom. The summed E-state index contributed by atoms with van der Waals surface area (Å²) in [4.78, 5) is 0. The second-order valence-electron chi connectivity index (χ2n) is 6.70. The third kappa shape index (κ3) is 4.09. The Morgan fingerprint density at radius 3 is 2.67 bits per heavy atom. The van der Waals surface area contributed by atoms with E-state index in [1.54, 1.807) is 0 Å². The molecule has 1 aliphatic rings. The molecule has 1 aliphatic carbocycles. The van der Waals surface area contributed by atoms with Crippen molar-refractivity contribution < 1.29 is 0 Å². The summed E-state index contributed by atoms with van der Waals surface area (Å²) in [5.41, 5.74) is 1.28. The summed E-state index contributed by atoms with van der Waals surface area (Å²) in [6.45, 7) is 6.84. The van der Waals surface area contributed by atoms with Crippen LogP contribution in [0.3, 0.4) is 0 Å². The van der Waals surface area contributed by atoms with Gasteiger partial charge in [-0.05, 0) is 63.5 Å². The first-order valence-electron chi connectivity index (χ1n) is 8.92. The molecule has 3 nitrogen and oxygen atoms in total. The minimum Gasteiger partial charge on any atom is -0.317 e. The van der Waals surface area contributed by atoms with Gasteiger partial charge in [0.2, 0.25) is 0 Å². The Labute approximate surface area is 130 Å². The summed E-state index contributed by atoms with van der Waals surface area (Å²) in [7, 11) is 2.12. The van der Waals surface area contributed by atoms with Crippen LogP contribution >= 0.6 is 0 Å². The lowest BCUT2D eigenvalue weighted by Gasteiger charge is -2.35. The number of nitrogens with zero attached hydrogens (tertiary/aromatic N) is 2. The molecular formula is C18H33N3. The molecule has 21 heavy (non-hydrogen) atoms. The summed E-state index contributed by atoms with van der Waals surface area (Å²) in [6.07, 6.45) is 11.1. The fraction of sp³-hybridized carbons (Fsp3) is 0.833. The Balaban J connectivity index is 2.01. The summed E-state index contributed by atoms with van der Waals surface area (Å²) in [5.74, 6) is 1.67. The van der Waals surface area contributed by atoms with Crippen molar-refractivity contribution in [1.82, 2.24) is 15.1 Å². The smallest absolute Gasteiger partial charge is 0.0628 e. The average molecular weight is 291 g/mol. The highest BCUT2D eigenvalue weighted by atomic mass is 15.3. The zero-order valence-corrected chi connectivity index (χ0v) is 14.3. The first-order valence-corrected chi connectivity index (χ1v) is 8.92. The zero-order valence-electron chi connectivity index (χ0n) is 14.3. The van der Waals surface area contributed by atoms with E-state index in [4.69, 9.17) is 5.10 Å². The fourth-order valence-electron chi connectivity index (χ4n) is 3.96. The normalized spacial score (nSPS) is 26.4. The lowest BCUT2D eigenvalue weighted by Crippen LogP contribution is -2.39. The summed E-state index contributed by atoms with van der Waals surface area (Å²) in [5, 5.41) is 8.39. The van der Waals surface area contributed by atoms with Crippen LogP contribution in [0.5, 0.6) is 0 Å². The van der Waals surface area contributed by atoms with Crippen LogP contribution in [0.15, 0.2) is 12.3 Å². The second kappa shape index (κ2) is 7.98. The van der Waals surface area contributed by atoms with Gasteiger partial charge in [0, 0.05) is 12.2 Å². The van der Waals surface area contributed by atoms with E-state index in [-0.39, 0.29) is 0 Å². The summed E-state index contributed by atoms with van der Waals surface area (Å²) in [6, 6.07) is 3.47. The predicted molar refractivity (Wildman–Crippen MR) is 89.5 cm³/mol. The minimum atomic E-state index is 0.564. The molecule has 3 atom stereocenters. The first kappa shape index (κ1) is 16.5. The number of hydrogen-bond acceptors (Lipinski definition) is 2. The van der Waals surface area contributed by atoms with E-state index < -0.39 is 0 Å². The molecular weight excluding hydrogens is 258 g/mol. The molecule has 0 saturated heterocycles. The molecule has 0 spiro atoms. The van der Waals surface area contributed by atoms with Crippen molar-refractivity contribution in [1.29, 1.82) is 0 Å². The lowest BCUT2D eigenvalue weighted by molar-refractivity contribution is 0.203. The highest BCUT2D eigenvalue weighted by Gasteiger charge is 2.29. The molecule has 120 valence electrons. The Kier molecular flexibility index (Phi) is 6.28. The molecule has 3 heteroatoms. The topological polar surface area (TPSA) is 29.9 Å². The number of hydrogen-bond donors (Lipinski definition) is 1. The van der Waals surface area contributed by atoms with Crippen molar-refractivity contribution in [3.63, 3.8) is 0 Å². The van der Waals surface area contributed by atoms with Gasteiger partial charge >= 0.3 is 0 Å². The van der Waals surface area contributed by atoms with Crippen molar-refractivity contribution >= 4 is 0 Å². The van der Waals surface area contributed by atoms with Crippen LogP contribution in [0.1, 0.15) is 71.0 Å². The molecule has 2 rings (SSSR count).